The van der Waals surface area contributed by atoms with Crippen LogP contribution in [-0.4, -0.2) is 16.1 Å². The normalized spacial score (nSPS) is 12.9. The number of nitrogens with one attached hydrogen (secondary N) is 1. The molecule has 0 spiro atoms. The highest BCUT2D eigenvalue weighted by atomic mass is 16.4. The van der Waals surface area contributed by atoms with Crippen LogP contribution in [0.3, 0.4) is 0 Å². The summed E-state index contributed by atoms with van der Waals surface area (Å²) in [4.78, 5) is 13.8. The predicted octanol–water partition coefficient (Wildman–Crippen LogP) is 1.95. The molecule has 0 bridgehead atoms. The largest absolute Gasteiger partial charge is 0.481 e. The first-order valence-corrected chi connectivity index (χ1v) is 5.13. The lowest BCUT2D eigenvalue weighted by atomic mass is 10.0. The van der Waals surface area contributed by atoms with Gasteiger partial charge in [0.2, 0.25) is 0 Å². The van der Waals surface area contributed by atoms with E-state index in [1.165, 1.54) is 0 Å². The van der Waals surface area contributed by atoms with Crippen LogP contribution in [0.2, 0.25) is 0 Å². The molecule has 0 fully saturated rings. The molecule has 2 rings (SSSR count). The summed E-state index contributed by atoms with van der Waals surface area (Å²) in [5.41, 5.74) is 8.87. The van der Waals surface area contributed by atoms with E-state index < -0.39 is 12.0 Å². The smallest absolute Gasteiger partial charge is 0.305 e. The fourth-order valence-corrected chi connectivity index (χ4v) is 1.93. The number of carbonyl (C=O) groups is 1. The van der Waals surface area contributed by atoms with Gasteiger partial charge in [-0.25, -0.2) is 0 Å². The SMILES string of the molecule is Cc1cccc2c(C(N)CC(=O)O)c[nH]c12. The molecule has 0 aliphatic rings. The van der Waals surface area contributed by atoms with Crippen LogP contribution in [-0.2, 0) is 4.79 Å². The van der Waals surface area contributed by atoms with Crippen molar-refractivity contribution < 1.29 is 9.90 Å². The number of benzene rings is 1. The van der Waals surface area contributed by atoms with Crippen molar-refractivity contribution in [3.05, 3.63) is 35.5 Å². The molecular formula is C12H14N2O2. The van der Waals surface area contributed by atoms with Gasteiger partial charge in [0, 0.05) is 23.1 Å². The zero-order valence-corrected chi connectivity index (χ0v) is 9.03. The van der Waals surface area contributed by atoms with Gasteiger partial charge in [0.15, 0.2) is 0 Å². The van der Waals surface area contributed by atoms with Crippen molar-refractivity contribution in [3.8, 4) is 0 Å². The maximum atomic E-state index is 10.6. The highest BCUT2D eigenvalue weighted by molar-refractivity contribution is 5.86. The van der Waals surface area contributed by atoms with Crippen LogP contribution in [0, 0.1) is 6.92 Å². The van der Waals surface area contributed by atoms with E-state index in [0.29, 0.717) is 0 Å². The molecule has 0 aliphatic carbocycles. The number of fused-ring (bicyclic) bond motifs is 1. The average molecular weight is 218 g/mol. The number of hydrogen-bond donors (Lipinski definition) is 3. The average Bonchev–Trinajstić information content (AvgIpc) is 2.61. The van der Waals surface area contributed by atoms with Crippen molar-refractivity contribution in [1.82, 2.24) is 4.98 Å². The highest BCUT2D eigenvalue weighted by Gasteiger charge is 2.15. The predicted molar refractivity (Wildman–Crippen MR) is 62.2 cm³/mol. The topological polar surface area (TPSA) is 79.1 Å². The molecule has 1 heterocycles. The first-order valence-electron chi connectivity index (χ1n) is 5.13. The van der Waals surface area contributed by atoms with E-state index in [0.717, 1.165) is 22.0 Å². The molecule has 0 amide bonds. The molecule has 0 radical (unpaired) electrons. The molecular weight excluding hydrogens is 204 g/mol. The summed E-state index contributed by atoms with van der Waals surface area (Å²) >= 11 is 0. The van der Waals surface area contributed by atoms with Crippen molar-refractivity contribution in [2.24, 2.45) is 5.73 Å². The van der Waals surface area contributed by atoms with Gasteiger partial charge in [-0.1, -0.05) is 18.2 Å². The van der Waals surface area contributed by atoms with E-state index in [2.05, 4.69) is 4.98 Å². The Morgan fingerprint density at radius 3 is 3.00 bits per heavy atom. The summed E-state index contributed by atoms with van der Waals surface area (Å²) in [6.45, 7) is 2.01. The summed E-state index contributed by atoms with van der Waals surface area (Å²) in [6, 6.07) is 5.44. The third kappa shape index (κ3) is 1.79. The van der Waals surface area contributed by atoms with Gasteiger partial charge < -0.3 is 15.8 Å². The summed E-state index contributed by atoms with van der Waals surface area (Å²) in [7, 11) is 0. The zero-order chi connectivity index (χ0) is 11.7. The highest BCUT2D eigenvalue weighted by Crippen LogP contribution is 2.26. The van der Waals surface area contributed by atoms with Gasteiger partial charge >= 0.3 is 5.97 Å². The fourth-order valence-electron chi connectivity index (χ4n) is 1.93. The third-order valence-electron chi connectivity index (χ3n) is 2.75. The molecule has 1 atom stereocenters. The number of carboxylic acid groups (broad SMARTS) is 1. The number of carboxylic acids is 1. The zero-order valence-electron chi connectivity index (χ0n) is 9.03. The minimum Gasteiger partial charge on any atom is -0.481 e. The van der Waals surface area contributed by atoms with E-state index in [4.69, 9.17) is 10.8 Å². The Morgan fingerprint density at radius 2 is 2.31 bits per heavy atom. The second kappa shape index (κ2) is 3.98. The molecule has 0 saturated heterocycles. The van der Waals surface area contributed by atoms with Crippen LogP contribution >= 0.6 is 0 Å². The Kier molecular flexibility index (Phi) is 2.66. The number of aromatic nitrogens is 1. The van der Waals surface area contributed by atoms with Crippen LogP contribution in [0.25, 0.3) is 10.9 Å². The molecule has 1 aromatic heterocycles. The molecule has 1 unspecified atom stereocenters. The van der Waals surface area contributed by atoms with Gasteiger partial charge in [-0.05, 0) is 18.1 Å². The number of H-pyrrole nitrogens is 1. The number of aromatic amines is 1. The number of rotatable bonds is 3. The summed E-state index contributed by atoms with van der Waals surface area (Å²) in [5, 5.41) is 9.73. The van der Waals surface area contributed by atoms with E-state index >= 15 is 0 Å². The van der Waals surface area contributed by atoms with Gasteiger partial charge in [0.1, 0.15) is 0 Å². The van der Waals surface area contributed by atoms with E-state index in [1.807, 2.05) is 25.1 Å². The van der Waals surface area contributed by atoms with Gasteiger partial charge in [-0.2, -0.15) is 0 Å². The van der Waals surface area contributed by atoms with E-state index in [-0.39, 0.29) is 6.42 Å². The van der Waals surface area contributed by atoms with Crippen LogP contribution in [0.5, 0.6) is 0 Å². The molecule has 16 heavy (non-hydrogen) atoms. The molecule has 4 N–H and O–H groups in total. The van der Waals surface area contributed by atoms with E-state index in [9.17, 15) is 4.79 Å². The molecule has 4 nitrogen and oxygen atoms in total. The Hall–Kier alpha value is -1.81. The summed E-state index contributed by atoms with van der Waals surface area (Å²) in [6.07, 6.45) is 1.74. The van der Waals surface area contributed by atoms with Crippen molar-refractivity contribution in [1.29, 1.82) is 0 Å². The second-order valence-corrected chi connectivity index (χ2v) is 3.95. The van der Waals surface area contributed by atoms with Crippen molar-refractivity contribution in [2.45, 2.75) is 19.4 Å². The number of hydrogen-bond acceptors (Lipinski definition) is 2. The maximum absolute atomic E-state index is 10.6. The minimum atomic E-state index is -0.880. The van der Waals surface area contributed by atoms with Crippen LogP contribution < -0.4 is 5.73 Å². The molecule has 1 aromatic carbocycles. The second-order valence-electron chi connectivity index (χ2n) is 3.95. The van der Waals surface area contributed by atoms with Crippen molar-refractivity contribution in [3.63, 3.8) is 0 Å². The number of aliphatic carboxylic acids is 1. The number of para-hydroxylation sites is 1. The Bertz CT molecular complexity index is 531. The van der Waals surface area contributed by atoms with E-state index in [1.54, 1.807) is 6.20 Å². The first-order chi connectivity index (χ1) is 7.59. The van der Waals surface area contributed by atoms with Crippen molar-refractivity contribution >= 4 is 16.9 Å². The molecule has 4 heteroatoms. The van der Waals surface area contributed by atoms with Crippen molar-refractivity contribution in [2.75, 3.05) is 0 Å². The number of aryl methyl sites for hydroxylation is 1. The van der Waals surface area contributed by atoms with Crippen LogP contribution in [0.15, 0.2) is 24.4 Å². The lowest BCUT2D eigenvalue weighted by Crippen LogP contribution is -2.14. The van der Waals surface area contributed by atoms with Crippen LogP contribution in [0.4, 0.5) is 0 Å². The summed E-state index contributed by atoms with van der Waals surface area (Å²) < 4.78 is 0. The van der Waals surface area contributed by atoms with Gasteiger partial charge in [-0.15, -0.1) is 0 Å². The monoisotopic (exact) mass is 218 g/mol. The number of nitrogens with two attached hydrogens (primary N) is 1. The third-order valence-corrected chi connectivity index (χ3v) is 2.75. The lowest BCUT2D eigenvalue weighted by molar-refractivity contribution is -0.137. The van der Waals surface area contributed by atoms with Gasteiger partial charge in [0.25, 0.3) is 0 Å². The van der Waals surface area contributed by atoms with Gasteiger partial charge in [0.05, 0.1) is 6.42 Å². The summed E-state index contributed by atoms with van der Waals surface area (Å²) in [5.74, 6) is -0.880. The molecule has 0 saturated carbocycles. The Labute approximate surface area is 93.1 Å². The fraction of sp³-hybridized carbons (Fsp3) is 0.250. The standard InChI is InChI=1S/C12H14N2O2/c1-7-3-2-4-8-9(6-14-12(7)8)10(13)5-11(15)16/h2-4,6,10,14H,5,13H2,1H3,(H,15,16). The molecule has 0 aliphatic heterocycles. The first kappa shape index (κ1) is 10.7. The lowest BCUT2D eigenvalue weighted by Gasteiger charge is -2.07. The Balaban J connectivity index is 2.46. The van der Waals surface area contributed by atoms with Gasteiger partial charge in [-0.3, -0.25) is 4.79 Å². The Morgan fingerprint density at radius 1 is 1.56 bits per heavy atom. The minimum absolute atomic E-state index is 0.0547. The molecule has 2 aromatic rings. The maximum Gasteiger partial charge on any atom is 0.305 e. The van der Waals surface area contributed by atoms with Crippen LogP contribution in [0.1, 0.15) is 23.6 Å². The molecule has 84 valence electrons. The quantitative estimate of drug-likeness (QED) is 0.736.